The summed E-state index contributed by atoms with van der Waals surface area (Å²) in [7, 11) is 1.69. The number of methoxy groups -OCH3 is 1. The molecule has 4 rings (SSSR count). The van der Waals surface area contributed by atoms with Crippen LogP contribution >= 0.6 is 0 Å². The van der Waals surface area contributed by atoms with Crippen LogP contribution in [0.4, 0.5) is 23.1 Å². The summed E-state index contributed by atoms with van der Waals surface area (Å²) in [5.41, 5.74) is 4.44. The van der Waals surface area contributed by atoms with E-state index < -0.39 is 0 Å². The lowest BCUT2D eigenvalue weighted by Crippen LogP contribution is -2.47. The molecule has 0 bridgehead atoms. The van der Waals surface area contributed by atoms with Crippen molar-refractivity contribution < 1.29 is 4.74 Å². The van der Waals surface area contributed by atoms with Crippen LogP contribution < -0.4 is 19.9 Å². The summed E-state index contributed by atoms with van der Waals surface area (Å²) in [6, 6.07) is 18.5. The number of anilines is 4. The second-order valence-corrected chi connectivity index (χ2v) is 7.31. The Kier molecular flexibility index (Phi) is 5.51. The van der Waals surface area contributed by atoms with Gasteiger partial charge in [-0.05, 0) is 49.7 Å². The number of rotatable bonds is 5. The van der Waals surface area contributed by atoms with E-state index in [-0.39, 0.29) is 0 Å². The zero-order valence-electron chi connectivity index (χ0n) is 17.2. The predicted octanol–water partition coefficient (Wildman–Crippen LogP) is 4.17. The Bertz CT molecular complexity index is 965. The van der Waals surface area contributed by atoms with Gasteiger partial charge in [-0.15, -0.1) is 0 Å². The molecule has 0 spiro atoms. The maximum absolute atomic E-state index is 5.25. The number of piperazine rings is 1. The van der Waals surface area contributed by atoms with Gasteiger partial charge in [0.2, 0.25) is 5.95 Å². The molecule has 1 aliphatic rings. The van der Waals surface area contributed by atoms with Gasteiger partial charge in [-0.2, -0.15) is 4.98 Å². The Morgan fingerprint density at radius 3 is 2.24 bits per heavy atom. The number of hydrogen-bond acceptors (Lipinski definition) is 6. The van der Waals surface area contributed by atoms with Gasteiger partial charge in [0.15, 0.2) is 0 Å². The molecule has 1 aromatic heterocycles. The highest BCUT2D eigenvalue weighted by atomic mass is 16.5. The molecule has 2 aromatic carbocycles. The molecular formula is C23H27N5O. The minimum atomic E-state index is 0.787. The smallest absolute Gasteiger partial charge is 0.227 e. The molecule has 0 atom stereocenters. The molecule has 0 aliphatic carbocycles. The molecule has 1 fully saturated rings. The van der Waals surface area contributed by atoms with Crippen LogP contribution in [0.3, 0.4) is 0 Å². The fraction of sp³-hybridized carbons (Fsp3) is 0.304. The highest BCUT2D eigenvalue weighted by Gasteiger charge is 2.20. The van der Waals surface area contributed by atoms with Gasteiger partial charge < -0.3 is 19.9 Å². The molecular weight excluding hydrogens is 362 g/mol. The highest BCUT2D eigenvalue weighted by Crippen LogP contribution is 2.24. The molecule has 2 heterocycles. The highest BCUT2D eigenvalue weighted by molar-refractivity contribution is 5.61. The van der Waals surface area contributed by atoms with E-state index in [2.05, 4.69) is 51.3 Å². The monoisotopic (exact) mass is 389 g/mol. The standard InChI is InChI=1S/C23H27N5O/c1-17-6-4-5-7-21(17)25-22-16-18(2)24-23(26-22)28-14-12-27(13-15-28)19-8-10-20(29-3)11-9-19/h4-11,16H,12-15H2,1-3H3,(H,24,25,26). The van der Waals surface area contributed by atoms with Gasteiger partial charge in [0.25, 0.3) is 0 Å². The van der Waals surface area contributed by atoms with E-state index in [0.717, 1.165) is 55.1 Å². The first kappa shape index (κ1) is 19.1. The first-order chi connectivity index (χ1) is 14.1. The summed E-state index contributed by atoms with van der Waals surface area (Å²) in [5, 5.41) is 3.44. The topological polar surface area (TPSA) is 53.5 Å². The zero-order chi connectivity index (χ0) is 20.2. The third-order valence-corrected chi connectivity index (χ3v) is 5.25. The molecule has 6 nitrogen and oxygen atoms in total. The van der Waals surface area contributed by atoms with E-state index in [9.17, 15) is 0 Å². The summed E-state index contributed by atoms with van der Waals surface area (Å²) >= 11 is 0. The molecule has 1 aliphatic heterocycles. The van der Waals surface area contributed by atoms with Crippen LogP contribution in [0.25, 0.3) is 0 Å². The fourth-order valence-corrected chi connectivity index (χ4v) is 3.57. The van der Waals surface area contributed by atoms with Crippen LogP contribution in [0.1, 0.15) is 11.3 Å². The van der Waals surface area contributed by atoms with Crippen LogP contribution in [-0.2, 0) is 0 Å². The molecule has 0 amide bonds. The maximum atomic E-state index is 5.25. The minimum absolute atomic E-state index is 0.787. The summed E-state index contributed by atoms with van der Waals surface area (Å²) in [5.74, 6) is 2.50. The predicted molar refractivity (Wildman–Crippen MR) is 119 cm³/mol. The van der Waals surface area contributed by atoms with E-state index in [1.807, 2.05) is 37.3 Å². The lowest BCUT2D eigenvalue weighted by Gasteiger charge is -2.36. The van der Waals surface area contributed by atoms with Crippen LogP contribution in [0.5, 0.6) is 5.75 Å². The van der Waals surface area contributed by atoms with Crippen molar-refractivity contribution in [3.05, 3.63) is 65.9 Å². The molecule has 3 aromatic rings. The Balaban J connectivity index is 1.45. The first-order valence-electron chi connectivity index (χ1n) is 9.94. The summed E-state index contributed by atoms with van der Waals surface area (Å²) in [6.07, 6.45) is 0. The van der Waals surface area contributed by atoms with E-state index >= 15 is 0 Å². The van der Waals surface area contributed by atoms with E-state index in [1.165, 1.54) is 11.3 Å². The van der Waals surface area contributed by atoms with Crippen molar-refractivity contribution in [1.29, 1.82) is 0 Å². The van der Waals surface area contributed by atoms with Gasteiger partial charge in [-0.3, -0.25) is 0 Å². The molecule has 29 heavy (non-hydrogen) atoms. The van der Waals surface area contributed by atoms with Gasteiger partial charge in [0, 0.05) is 49.3 Å². The van der Waals surface area contributed by atoms with Gasteiger partial charge >= 0.3 is 0 Å². The quantitative estimate of drug-likeness (QED) is 0.707. The summed E-state index contributed by atoms with van der Waals surface area (Å²) in [6.45, 7) is 7.75. The average molecular weight is 390 g/mol. The Hall–Kier alpha value is -3.28. The Morgan fingerprint density at radius 2 is 1.55 bits per heavy atom. The average Bonchev–Trinajstić information content (AvgIpc) is 2.75. The molecule has 6 heteroatoms. The number of benzene rings is 2. The van der Waals surface area contributed by atoms with Gasteiger partial charge in [-0.1, -0.05) is 18.2 Å². The number of nitrogens with one attached hydrogen (secondary N) is 1. The van der Waals surface area contributed by atoms with Crippen molar-refractivity contribution in [3.8, 4) is 5.75 Å². The molecule has 0 saturated carbocycles. The summed E-state index contributed by atoms with van der Waals surface area (Å²) < 4.78 is 5.25. The van der Waals surface area contributed by atoms with E-state index in [0.29, 0.717) is 0 Å². The fourth-order valence-electron chi connectivity index (χ4n) is 3.57. The van der Waals surface area contributed by atoms with Crippen molar-refractivity contribution in [2.45, 2.75) is 13.8 Å². The van der Waals surface area contributed by atoms with Crippen LogP contribution in [0.2, 0.25) is 0 Å². The van der Waals surface area contributed by atoms with Crippen molar-refractivity contribution in [1.82, 2.24) is 9.97 Å². The molecule has 1 saturated heterocycles. The first-order valence-corrected chi connectivity index (χ1v) is 9.94. The second-order valence-electron chi connectivity index (χ2n) is 7.31. The lowest BCUT2D eigenvalue weighted by atomic mass is 10.2. The lowest BCUT2D eigenvalue weighted by molar-refractivity contribution is 0.415. The van der Waals surface area contributed by atoms with Crippen LogP contribution in [0, 0.1) is 13.8 Å². The van der Waals surface area contributed by atoms with Gasteiger partial charge in [-0.25, -0.2) is 4.98 Å². The Morgan fingerprint density at radius 1 is 0.862 bits per heavy atom. The van der Waals surface area contributed by atoms with Crippen molar-refractivity contribution in [3.63, 3.8) is 0 Å². The zero-order valence-corrected chi connectivity index (χ0v) is 17.2. The van der Waals surface area contributed by atoms with Gasteiger partial charge in [0.1, 0.15) is 11.6 Å². The maximum Gasteiger partial charge on any atom is 0.227 e. The SMILES string of the molecule is COc1ccc(N2CCN(c3nc(C)cc(Nc4ccccc4C)n3)CC2)cc1. The number of aryl methyl sites for hydroxylation is 2. The third-order valence-electron chi connectivity index (χ3n) is 5.25. The third kappa shape index (κ3) is 4.42. The van der Waals surface area contributed by atoms with Crippen molar-refractivity contribution in [2.75, 3.05) is 48.4 Å². The molecule has 150 valence electrons. The second kappa shape index (κ2) is 8.39. The van der Waals surface area contributed by atoms with Gasteiger partial charge in [0.05, 0.1) is 7.11 Å². The molecule has 0 radical (unpaired) electrons. The van der Waals surface area contributed by atoms with Crippen LogP contribution in [-0.4, -0.2) is 43.3 Å². The van der Waals surface area contributed by atoms with E-state index in [4.69, 9.17) is 9.72 Å². The van der Waals surface area contributed by atoms with Crippen LogP contribution in [0.15, 0.2) is 54.6 Å². The number of aromatic nitrogens is 2. The van der Waals surface area contributed by atoms with Crippen molar-refractivity contribution >= 4 is 23.1 Å². The summed E-state index contributed by atoms with van der Waals surface area (Å²) in [4.78, 5) is 14.1. The number of para-hydroxylation sites is 1. The number of nitrogens with zero attached hydrogens (tertiary/aromatic N) is 4. The van der Waals surface area contributed by atoms with Crippen molar-refractivity contribution in [2.24, 2.45) is 0 Å². The number of hydrogen-bond donors (Lipinski definition) is 1. The van der Waals surface area contributed by atoms with E-state index in [1.54, 1.807) is 7.11 Å². The largest absolute Gasteiger partial charge is 0.497 e. The molecule has 1 N–H and O–H groups in total. The Labute approximate surface area is 172 Å². The minimum Gasteiger partial charge on any atom is -0.497 e. The normalized spacial score (nSPS) is 14.0. The number of ether oxygens (including phenoxy) is 1. The molecule has 0 unspecified atom stereocenters.